The minimum absolute atomic E-state index is 0.293. The Labute approximate surface area is 582 Å². The molecule has 0 aliphatic heterocycles. The molecule has 10 heteroatoms. The number of hydrogen-bond acceptors (Lipinski definition) is 8. The molecule has 20 aromatic rings. The summed E-state index contributed by atoms with van der Waals surface area (Å²) in [6.07, 6.45) is 0. The van der Waals surface area contributed by atoms with Crippen LogP contribution in [0.25, 0.3) is 200 Å². The molecule has 480 valence electrons. The third-order valence-electron chi connectivity index (χ3n) is 19.1. The first-order valence-electron chi connectivity index (χ1n) is 33.7. The lowest BCUT2D eigenvalue weighted by molar-refractivity contribution is 0.627. The van der Waals surface area contributed by atoms with Gasteiger partial charge < -0.3 is 17.7 Å². The highest BCUT2D eigenvalue weighted by Gasteiger charge is 2.22. The summed E-state index contributed by atoms with van der Waals surface area (Å²) in [7, 11) is 0. The Hall–Kier alpha value is -13.7. The molecular formula is C92H54F2N4O4. The highest BCUT2D eigenvalue weighted by atomic mass is 19.1. The highest BCUT2D eigenvalue weighted by Crippen LogP contribution is 2.44. The number of aromatic nitrogens is 4. The van der Waals surface area contributed by atoms with E-state index in [4.69, 9.17) is 37.6 Å². The average Bonchev–Trinajstić information content (AvgIpc) is 1.55. The minimum atomic E-state index is -0.298. The number of nitrogens with zero attached hydrogens (tertiary/aromatic N) is 4. The Kier molecular flexibility index (Phi) is 14.4. The molecule has 0 unspecified atom stereocenters. The Balaban J connectivity index is 0.000000141. The number of rotatable bonds is 10. The van der Waals surface area contributed by atoms with E-state index in [0.29, 0.717) is 23.0 Å². The zero-order valence-electron chi connectivity index (χ0n) is 54.4. The van der Waals surface area contributed by atoms with Crippen LogP contribution in [0.5, 0.6) is 0 Å². The van der Waals surface area contributed by atoms with Crippen molar-refractivity contribution in [3.05, 3.63) is 339 Å². The Bertz CT molecular complexity index is 6390. The molecule has 0 spiro atoms. The summed E-state index contributed by atoms with van der Waals surface area (Å²) in [6, 6.07) is 108. The van der Waals surface area contributed by atoms with Gasteiger partial charge >= 0.3 is 0 Å². The molecule has 0 radical (unpaired) electrons. The van der Waals surface area contributed by atoms with Crippen LogP contribution in [0.2, 0.25) is 0 Å². The van der Waals surface area contributed by atoms with Crippen molar-refractivity contribution >= 4 is 87.8 Å². The number of fused-ring (bicyclic) bond motifs is 12. The van der Waals surface area contributed by atoms with Crippen molar-refractivity contribution in [2.75, 3.05) is 0 Å². The van der Waals surface area contributed by atoms with Crippen LogP contribution < -0.4 is 0 Å². The summed E-state index contributed by atoms with van der Waals surface area (Å²) in [6.45, 7) is 0. The summed E-state index contributed by atoms with van der Waals surface area (Å²) in [5, 5.41) is 8.51. The second-order valence-electron chi connectivity index (χ2n) is 25.4. The third kappa shape index (κ3) is 10.9. The van der Waals surface area contributed by atoms with Crippen molar-refractivity contribution in [1.29, 1.82) is 0 Å². The van der Waals surface area contributed by atoms with Gasteiger partial charge in [-0.2, -0.15) is 0 Å². The van der Waals surface area contributed by atoms with Gasteiger partial charge in [0.1, 0.15) is 56.3 Å². The normalized spacial score (nSPS) is 11.6. The maximum Gasteiger partial charge on any atom is 0.160 e. The van der Waals surface area contributed by atoms with Crippen molar-refractivity contribution in [2.24, 2.45) is 0 Å². The molecule has 14 aromatic carbocycles. The van der Waals surface area contributed by atoms with Crippen molar-refractivity contribution < 1.29 is 26.4 Å². The first-order chi connectivity index (χ1) is 50.3. The monoisotopic (exact) mass is 1320 g/mol. The van der Waals surface area contributed by atoms with E-state index in [9.17, 15) is 8.78 Å². The van der Waals surface area contributed by atoms with E-state index in [2.05, 4.69) is 121 Å². The topological polar surface area (TPSA) is 104 Å². The van der Waals surface area contributed by atoms with Gasteiger partial charge in [-0.25, -0.2) is 28.7 Å². The van der Waals surface area contributed by atoms with E-state index >= 15 is 0 Å². The lowest BCUT2D eigenvalue weighted by Gasteiger charge is -2.13. The van der Waals surface area contributed by atoms with Gasteiger partial charge in [0.15, 0.2) is 11.6 Å². The summed E-state index contributed by atoms with van der Waals surface area (Å²) in [5.41, 5.74) is 22.9. The molecule has 0 N–H and O–H groups in total. The van der Waals surface area contributed by atoms with Gasteiger partial charge in [-0.3, -0.25) is 0 Å². The van der Waals surface area contributed by atoms with Gasteiger partial charge in [0.2, 0.25) is 0 Å². The molecule has 0 bridgehead atoms. The predicted octanol–water partition coefficient (Wildman–Crippen LogP) is 25.5. The second-order valence-corrected chi connectivity index (χ2v) is 25.4. The fraction of sp³-hybridized carbons (Fsp3) is 0. The van der Waals surface area contributed by atoms with Crippen molar-refractivity contribution in [1.82, 2.24) is 19.9 Å². The molecule has 0 atom stereocenters. The molecule has 8 nitrogen and oxygen atoms in total. The fourth-order valence-corrected chi connectivity index (χ4v) is 14.1. The maximum absolute atomic E-state index is 14.0. The number of para-hydroxylation sites is 6. The van der Waals surface area contributed by atoms with Crippen molar-refractivity contribution in [3.63, 3.8) is 0 Å². The van der Waals surface area contributed by atoms with Crippen LogP contribution >= 0.6 is 0 Å². The quantitative estimate of drug-likeness (QED) is 0.133. The Morgan fingerprint density at radius 3 is 0.882 bits per heavy atom. The molecule has 0 amide bonds. The lowest BCUT2D eigenvalue weighted by atomic mass is 9.93. The summed E-state index contributed by atoms with van der Waals surface area (Å²) < 4.78 is 53.4. The molecule has 0 saturated heterocycles. The van der Waals surface area contributed by atoms with Gasteiger partial charge in [0, 0.05) is 87.6 Å². The summed E-state index contributed by atoms with van der Waals surface area (Å²) in [4.78, 5) is 20.5. The average molecular weight is 1320 g/mol. The number of hydrogen-bond donors (Lipinski definition) is 0. The van der Waals surface area contributed by atoms with Crippen LogP contribution in [-0.4, -0.2) is 19.9 Å². The third-order valence-corrected chi connectivity index (χ3v) is 19.1. The highest BCUT2D eigenvalue weighted by molar-refractivity contribution is 6.13. The second kappa shape index (κ2) is 24.7. The van der Waals surface area contributed by atoms with Crippen LogP contribution in [0.1, 0.15) is 0 Å². The van der Waals surface area contributed by atoms with Gasteiger partial charge in [-0.05, 0) is 179 Å². The van der Waals surface area contributed by atoms with Gasteiger partial charge in [-0.1, -0.05) is 182 Å². The van der Waals surface area contributed by atoms with E-state index in [0.717, 1.165) is 177 Å². The van der Waals surface area contributed by atoms with E-state index in [1.165, 1.54) is 24.3 Å². The molecular weight excluding hydrogens is 1260 g/mol. The Morgan fingerprint density at radius 1 is 0.186 bits per heavy atom. The maximum atomic E-state index is 14.0. The van der Waals surface area contributed by atoms with Crippen LogP contribution in [-0.2, 0) is 0 Å². The molecule has 20 rings (SSSR count). The Morgan fingerprint density at radius 2 is 0.480 bits per heavy atom. The van der Waals surface area contributed by atoms with Crippen molar-refractivity contribution in [2.45, 2.75) is 0 Å². The zero-order valence-corrected chi connectivity index (χ0v) is 54.4. The molecule has 0 aliphatic rings. The summed E-state index contributed by atoms with van der Waals surface area (Å²) >= 11 is 0. The van der Waals surface area contributed by atoms with Gasteiger partial charge in [0.25, 0.3) is 0 Å². The van der Waals surface area contributed by atoms with E-state index in [-0.39, 0.29) is 11.6 Å². The molecule has 0 fully saturated rings. The van der Waals surface area contributed by atoms with E-state index < -0.39 is 0 Å². The molecule has 6 heterocycles. The largest absolute Gasteiger partial charge is 0.456 e. The first-order valence-corrected chi connectivity index (χ1v) is 33.7. The SMILES string of the molecule is Fc1ccc(-c2cc(-c3ccccc3)nc(-c3cc(-c4ccc5oc6ccccc6c5c4)cc(-c4ccc5oc6ccccc6c5c4)c3)n2)cc1.Fc1ccc(-c2cc(-c3ccccc3)nc(-c3cc(-c4cccc5c4oc4ccccc45)cc(-c4cccc5c4oc4ccccc45)c3)n2)cc1. The van der Waals surface area contributed by atoms with Crippen LogP contribution in [0.4, 0.5) is 8.78 Å². The molecule has 0 saturated carbocycles. The zero-order chi connectivity index (χ0) is 67.8. The smallest absolute Gasteiger partial charge is 0.160 e. The van der Waals surface area contributed by atoms with E-state index in [1.807, 2.05) is 158 Å². The van der Waals surface area contributed by atoms with Crippen LogP contribution in [0.15, 0.2) is 345 Å². The first kappa shape index (κ1) is 59.6. The molecule has 0 aliphatic carbocycles. The van der Waals surface area contributed by atoms with E-state index in [1.54, 1.807) is 24.3 Å². The van der Waals surface area contributed by atoms with Gasteiger partial charge in [-0.15, -0.1) is 0 Å². The lowest BCUT2D eigenvalue weighted by Crippen LogP contribution is -1.97. The van der Waals surface area contributed by atoms with Crippen LogP contribution in [0, 0.1) is 11.6 Å². The summed E-state index contributed by atoms with van der Waals surface area (Å²) in [5.74, 6) is 0.530. The minimum Gasteiger partial charge on any atom is -0.456 e. The number of halogens is 2. The standard InChI is InChI=1S/2C46H27FN2O2/c47-33-22-20-29(21-23-33)41-27-40(28-10-2-1-3-11-28)48-46(49-41)32-25-30(34-14-8-16-38-36-12-4-6-18-42(36)50-44(34)38)24-31(26-32)35-15-9-17-39-37-13-5-7-19-43(37)51-45(35)39;47-35-18-14-29(15-19-35)41-27-40(28-8-2-1-3-9-28)48-46(49-41)34-23-32(30-16-20-44-38(25-30)36-10-4-6-12-42(36)50-44)22-33(24-34)31-17-21-45-39(26-31)37-11-5-7-13-43(37)51-45/h2*1-27H. The van der Waals surface area contributed by atoms with Crippen molar-refractivity contribution in [3.8, 4) is 112 Å². The molecule has 6 aromatic heterocycles. The molecule has 102 heavy (non-hydrogen) atoms. The van der Waals surface area contributed by atoms with Gasteiger partial charge in [0.05, 0.1) is 22.8 Å². The number of benzene rings is 14. The number of furan rings is 4. The fourth-order valence-electron chi connectivity index (χ4n) is 14.1. The predicted molar refractivity (Wildman–Crippen MR) is 407 cm³/mol. The van der Waals surface area contributed by atoms with Crippen LogP contribution in [0.3, 0.4) is 0 Å².